The molecule has 2 amide bonds. The highest BCUT2D eigenvalue weighted by atomic mass is 32.1. The number of aromatic nitrogens is 1. The van der Waals surface area contributed by atoms with Crippen LogP contribution in [0, 0.1) is 0 Å². The van der Waals surface area contributed by atoms with E-state index >= 15 is 0 Å². The van der Waals surface area contributed by atoms with Crippen LogP contribution in [0.3, 0.4) is 0 Å². The molecule has 0 aliphatic carbocycles. The number of benzene rings is 2. The van der Waals surface area contributed by atoms with Crippen LogP contribution >= 0.6 is 11.3 Å². The fraction of sp³-hybridized carbons (Fsp3) is 0.261. The number of nitrogens with zero attached hydrogens (tertiary/aromatic N) is 2. The van der Waals surface area contributed by atoms with Gasteiger partial charge >= 0.3 is 0 Å². The summed E-state index contributed by atoms with van der Waals surface area (Å²) in [6.07, 6.45) is 1.46. The summed E-state index contributed by atoms with van der Waals surface area (Å²) >= 11 is 1.51. The van der Waals surface area contributed by atoms with Crippen molar-refractivity contribution in [1.82, 2.24) is 15.2 Å². The number of carbonyl (C=O) groups excluding carboxylic acids is 2. The second kappa shape index (κ2) is 9.54. The molecule has 4 rings (SSSR count). The molecule has 7 heteroatoms. The van der Waals surface area contributed by atoms with E-state index in [2.05, 4.69) is 10.3 Å². The summed E-state index contributed by atoms with van der Waals surface area (Å²) in [6.45, 7) is 1.53. The summed E-state index contributed by atoms with van der Waals surface area (Å²) in [6, 6.07) is 16.6. The number of carbonyl (C=O) groups is 2. The van der Waals surface area contributed by atoms with Crippen molar-refractivity contribution < 1.29 is 14.3 Å². The standard InChI is InChI=1S/C23H23N3O3S/c27-22(17-6-2-1-3-7-17)25-18-10-12-26(13-11-18)23(28)20-8-4-5-9-21(20)29-14-19-15-30-16-24-19/h1-9,15-16,18H,10-14H2,(H,25,27). The summed E-state index contributed by atoms with van der Waals surface area (Å²) in [4.78, 5) is 31.5. The highest BCUT2D eigenvalue weighted by molar-refractivity contribution is 7.07. The Morgan fingerprint density at radius 2 is 1.80 bits per heavy atom. The molecule has 0 spiro atoms. The third-order valence-electron chi connectivity index (χ3n) is 5.13. The van der Waals surface area contributed by atoms with Crippen molar-refractivity contribution in [3.8, 4) is 5.75 Å². The molecule has 2 aromatic carbocycles. The first-order valence-electron chi connectivity index (χ1n) is 9.95. The Morgan fingerprint density at radius 1 is 1.07 bits per heavy atom. The Bertz CT molecular complexity index is 984. The summed E-state index contributed by atoms with van der Waals surface area (Å²) in [5, 5.41) is 5.00. The second-order valence-electron chi connectivity index (χ2n) is 7.17. The highest BCUT2D eigenvalue weighted by Gasteiger charge is 2.26. The number of hydrogen-bond acceptors (Lipinski definition) is 5. The topological polar surface area (TPSA) is 71.5 Å². The average molecular weight is 422 g/mol. The summed E-state index contributed by atoms with van der Waals surface area (Å²) in [7, 11) is 0. The fourth-order valence-corrected chi connectivity index (χ4v) is 4.03. The molecule has 0 unspecified atom stereocenters. The molecular weight excluding hydrogens is 398 g/mol. The van der Waals surface area contributed by atoms with Gasteiger partial charge in [0.2, 0.25) is 0 Å². The molecule has 0 radical (unpaired) electrons. The van der Waals surface area contributed by atoms with Crippen LogP contribution in [0.15, 0.2) is 65.5 Å². The monoisotopic (exact) mass is 421 g/mol. The molecule has 154 valence electrons. The molecule has 0 bridgehead atoms. The van der Waals surface area contributed by atoms with Gasteiger partial charge in [0.1, 0.15) is 12.4 Å². The van der Waals surface area contributed by atoms with Crippen LogP contribution in [-0.2, 0) is 6.61 Å². The molecule has 3 aromatic rings. The lowest BCUT2D eigenvalue weighted by Crippen LogP contribution is -2.46. The molecular formula is C23H23N3O3S. The van der Waals surface area contributed by atoms with Gasteiger partial charge in [-0.1, -0.05) is 30.3 Å². The van der Waals surface area contributed by atoms with E-state index in [1.807, 2.05) is 46.7 Å². The van der Waals surface area contributed by atoms with Gasteiger partial charge < -0.3 is 15.0 Å². The Kier molecular flexibility index (Phi) is 6.39. The van der Waals surface area contributed by atoms with E-state index in [0.29, 0.717) is 36.6 Å². The molecule has 2 heterocycles. The molecule has 1 N–H and O–H groups in total. The minimum Gasteiger partial charge on any atom is -0.486 e. The first-order valence-corrected chi connectivity index (χ1v) is 10.9. The first kappa shape index (κ1) is 20.1. The van der Waals surface area contributed by atoms with Crippen LogP contribution in [0.4, 0.5) is 0 Å². The van der Waals surface area contributed by atoms with Crippen molar-refractivity contribution in [2.75, 3.05) is 13.1 Å². The van der Waals surface area contributed by atoms with E-state index in [0.717, 1.165) is 18.5 Å². The van der Waals surface area contributed by atoms with Crippen LogP contribution in [0.2, 0.25) is 0 Å². The molecule has 1 aromatic heterocycles. The van der Waals surface area contributed by atoms with Gasteiger partial charge in [0.15, 0.2) is 0 Å². The largest absolute Gasteiger partial charge is 0.486 e. The van der Waals surface area contributed by atoms with E-state index in [-0.39, 0.29) is 17.9 Å². The number of nitrogens with one attached hydrogen (secondary N) is 1. The van der Waals surface area contributed by atoms with E-state index < -0.39 is 0 Å². The third-order valence-corrected chi connectivity index (χ3v) is 5.77. The van der Waals surface area contributed by atoms with Crippen LogP contribution in [0.25, 0.3) is 0 Å². The first-order chi connectivity index (χ1) is 14.7. The zero-order valence-corrected chi connectivity index (χ0v) is 17.3. The molecule has 1 aliphatic heterocycles. The molecule has 1 aliphatic rings. The van der Waals surface area contributed by atoms with Crippen molar-refractivity contribution in [1.29, 1.82) is 0 Å². The second-order valence-corrected chi connectivity index (χ2v) is 7.89. The third kappa shape index (κ3) is 4.86. The van der Waals surface area contributed by atoms with Crippen LogP contribution in [-0.4, -0.2) is 40.8 Å². The Hall–Kier alpha value is -3.19. The normalized spacial score (nSPS) is 14.3. The maximum atomic E-state index is 13.1. The number of likely N-dealkylation sites (tertiary alicyclic amines) is 1. The summed E-state index contributed by atoms with van der Waals surface area (Å²) in [5.41, 5.74) is 3.81. The smallest absolute Gasteiger partial charge is 0.257 e. The lowest BCUT2D eigenvalue weighted by molar-refractivity contribution is 0.0693. The molecule has 1 fully saturated rings. The number of ether oxygens (including phenoxy) is 1. The van der Waals surface area contributed by atoms with Gasteiger partial charge in [-0.25, -0.2) is 4.98 Å². The number of thiazole rings is 1. The Labute approximate surface area is 179 Å². The van der Waals surface area contributed by atoms with Gasteiger partial charge in [-0.15, -0.1) is 11.3 Å². The maximum absolute atomic E-state index is 13.1. The van der Waals surface area contributed by atoms with Gasteiger partial charge in [0.05, 0.1) is 16.8 Å². The Balaban J connectivity index is 1.34. The zero-order valence-electron chi connectivity index (χ0n) is 16.5. The van der Waals surface area contributed by atoms with E-state index in [1.165, 1.54) is 11.3 Å². The lowest BCUT2D eigenvalue weighted by Gasteiger charge is -2.32. The lowest BCUT2D eigenvalue weighted by atomic mass is 10.0. The number of amides is 2. The fourth-order valence-electron chi connectivity index (χ4n) is 3.49. The van der Waals surface area contributed by atoms with Gasteiger partial charge in [0.25, 0.3) is 11.8 Å². The number of para-hydroxylation sites is 1. The van der Waals surface area contributed by atoms with Gasteiger partial charge in [0, 0.05) is 30.1 Å². The van der Waals surface area contributed by atoms with Crippen molar-refractivity contribution in [3.05, 3.63) is 82.3 Å². The van der Waals surface area contributed by atoms with E-state index in [1.54, 1.807) is 23.7 Å². The average Bonchev–Trinajstić information content (AvgIpc) is 3.32. The van der Waals surface area contributed by atoms with Crippen LogP contribution < -0.4 is 10.1 Å². The predicted molar refractivity (Wildman–Crippen MR) is 116 cm³/mol. The summed E-state index contributed by atoms with van der Waals surface area (Å²) < 4.78 is 5.86. The molecule has 1 saturated heterocycles. The van der Waals surface area contributed by atoms with Crippen LogP contribution in [0.5, 0.6) is 5.75 Å². The Morgan fingerprint density at radius 3 is 2.53 bits per heavy atom. The molecule has 30 heavy (non-hydrogen) atoms. The van der Waals surface area contributed by atoms with Crippen molar-refractivity contribution in [2.24, 2.45) is 0 Å². The maximum Gasteiger partial charge on any atom is 0.257 e. The zero-order chi connectivity index (χ0) is 20.8. The molecule has 6 nitrogen and oxygen atoms in total. The molecule has 0 saturated carbocycles. The number of rotatable bonds is 6. The van der Waals surface area contributed by atoms with Gasteiger partial charge in [-0.2, -0.15) is 0 Å². The summed E-state index contributed by atoms with van der Waals surface area (Å²) in [5.74, 6) is 0.452. The number of hydrogen-bond donors (Lipinski definition) is 1. The van der Waals surface area contributed by atoms with E-state index in [9.17, 15) is 9.59 Å². The minimum absolute atomic E-state index is 0.0447. The SMILES string of the molecule is O=C(NC1CCN(C(=O)c2ccccc2OCc2cscn2)CC1)c1ccccc1. The van der Waals surface area contributed by atoms with E-state index in [4.69, 9.17) is 4.74 Å². The predicted octanol–water partition coefficient (Wildman–Crippen LogP) is 3.76. The minimum atomic E-state index is -0.0684. The van der Waals surface area contributed by atoms with Crippen LogP contribution in [0.1, 0.15) is 39.3 Å². The molecule has 0 atom stereocenters. The van der Waals surface area contributed by atoms with Crippen molar-refractivity contribution >= 4 is 23.2 Å². The highest BCUT2D eigenvalue weighted by Crippen LogP contribution is 2.23. The van der Waals surface area contributed by atoms with Gasteiger partial charge in [-0.05, 0) is 37.1 Å². The van der Waals surface area contributed by atoms with Gasteiger partial charge in [-0.3, -0.25) is 9.59 Å². The quantitative estimate of drug-likeness (QED) is 0.658. The van der Waals surface area contributed by atoms with Crippen molar-refractivity contribution in [2.45, 2.75) is 25.5 Å². The number of piperidine rings is 1. The van der Waals surface area contributed by atoms with Crippen molar-refractivity contribution in [3.63, 3.8) is 0 Å².